The maximum Gasteiger partial charge on any atom is 0.260 e. The van der Waals surface area contributed by atoms with Crippen LogP contribution in [0.2, 0.25) is 0 Å². The van der Waals surface area contributed by atoms with Gasteiger partial charge in [-0.1, -0.05) is 73.0 Å². The highest BCUT2D eigenvalue weighted by Crippen LogP contribution is 2.42. The van der Waals surface area contributed by atoms with Crippen LogP contribution in [0.1, 0.15) is 58.3 Å². The summed E-state index contributed by atoms with van der Waals surface area (Å²) in [7, 11) is 0. The predicted octanol–water partition coefficient (Wildman–Crippen LogP) is 6.88. The number of rotatable bonds is 7. The molecular weight excluding hydrogens is 514 g/mol. The van der Waals surface area contributed by atoms with Crippen molar-refractivity contribution in [3.63, 3.8) is 0 Å². The fraction of sp³-hybridized carbons (Fsp3) is 0.294. The van der Waals surface area contributed by atoms with Crippen LogP contribution in [0.15, 0.2) is 83.9 Å². The first-order valence-corrected chi connectivity index (χ1v) is 15.1. The molecule has 2 aliphatic rings. The molecule has 4 aromatic rings. The van der Waals surface area contributed by atoms with Crippen molar-refractivity contribution in [2.45, 2.75) is 56.9 Å². The van der Waals surface area contributed by atoms with Gasteiger partial charge in [-0.05, 0) is 67.2 Å². The smallest absolute Gasteiger partial charge is 0.260 e. The molecule has 0 spiro atoms. The third-order valence-corrected chi connectivity index (χ3v) is 9.48. The summed E-state index contributed by atoms with van der Waals surface area (Å²) in [6.45, 7) is 3.31. The summed E-state index contributed by atoms with van der Waals surface area (Å²) in [5, 5.41) is 4.67. The van der Waals surface area contributed by atoms with Crippen LogP contribution < -0.4 is 5.32 Å². The lowest BCUT2D eigenvalue weighted by atomic mass is 9.92. The first-order chi connectivity index (χ1) is 19.5. The lowest BCUT2D eigenvalue weighted by Gasteiger charge is -2.44. The Hall–Kier alpha value is -3.77. The topological polar surface area (TPSA) is 65.2 Å². The van der Waals surface area contributed by atoms with E-state index in [0.29, 0.717) is 29.9 Å². The van der Waals surface area contributed by atoms with Gasteiger partial charge in [0.2, 0.25) is 0 Å². The zero-order chi connectivity index (χ0) is 27.5. The van der Waals surface area contributed by atoms with Crippen LogP contribution in [-0.4, -0.2) is 39.5 Å². The Balaban J connectivity index is 1.12. The van der Waals surface area contributed by atoms with Crippen molar-refractivity contribution in [2.24, 2.45) is 0 Å². The lowest BCUT2D eigenvalue weighted by Crippen LogP contribution is -2.50. The molecule has 2 unspecified atom stereocenters. The molecule has 2 heterocycles. The van der Waals surface area contributed by atoms with Gasteiger partial charge in [0.25, 0.3) is 11.8 Å². The van der Waals surface area contributed by atoms with E-state index in [1.807, 2.05) is 48.7 Å². The third kappa shape index (κ3) is 5.73. The Morgan fingerprint density at radius 3 is 2.73 bits per heavy atom. The second kappa shape index (κ2) is 11.8. The summed E-state index contributed by atoms with van der Waals surface area (Å²) in [5.74, 6) is 0.0327. The monoisotopic (exact) mass is 549 g/mol. The Morgan fingerprint density at radius 2 is 1.88 bits per heavy atom. The molecule has 0 radical (unpaired) electrons. The van der Waals surface area contributed by atoms with Crippen molar-refractivity contribution in [2.75, 3.05) is 6.54 Å². The normalized spacial score (nSPS) is 20.1. The Bertz CT molecular complexity index is 1550. The van der Waals surface area contributed by atoms with Gasteiger partial charge in [0.1, 0.15) is 0 Å². The van der Waals surface area contributed by atoms with E-state index in [9.17, 15) is 9.59 Å². The molecule has 6 rings (SSSR count). The highest BCUT2D eigenvalue weighted by atomic mass is 32.2. The van der Waals surface area contributed by atoms with Gasteiger partial charge in [0, 0.05) is 47.0 Å². The first kappa shape index (κ1) is 26.5. The minimum atomic E-state index is -0.0865. The van der Waals surface area contributed by atoms with Crippen LogP contribution in [0.4, 0.5) is 0 Å². The average Bonchev–Trinajstić information content (AvgIpc) is 3.38. The van der Waals surface area contributed by atoms with Crippen molar-refractivity contribution in [1.82, 2.24) is 15.2 Å². The van der Waals surface area contributed by atoms with Crippen LogP contribution in [0.25, 0.3) is 17.0 Å². The number of amides is 2. The standard InChI is InChI=1S/C34H35N3O2S/c1-23-7-6-8-25(19-23)22-37-30-11-4-5-12-31(30)40-32(34(37)39)20-24-13-15-26(16-14-24)33(38)35-18-17-27-21-36-29-10-3-2-9-28(27)29/h2-3,6-10,13-16,19-21,30-31,36H,4-5,11-12,17-18,22H2,1H3,(H,35,38)/b32-20+. The summed E-state index contributed by atoms with van der Waals surface area (Å²) < 4.78 is 0. The molecule has 2 amide bonds. The third-order valence-electron chi connectivity index (χ3n) is 8.08. The number of aromatic nitrogens is 1. The molecule has 1 saturated heterocycles. The summed E-state index contributed by atoms with van der Waals surface area (Å²) in [6, 6.07) is 24.5. The highest BCUT2D eigenvalue weighted by molar-refractivity contribution is 8.04. The Kier molecular flexibility index (Phi) is 7.78. The molecule has 2 N–H and O–H groups in total. The number of aromatic amines is 1. The highest BCUT2D eigenvalue weighted by Gasteiger charge is 2.40. The predicted molar refractivity (Wildman–Crippen MR) is 164 cm³/mol. The number of para-hydroxylation sites is 1. The van der Waals surface area contributed by atoms with Gasteiger partial charge >= 0.3 is 0 Å². The van der Waals surface area contributed by atoms with Gasteiger partial charge < -0.3 is 15.2 Å². The molecule has 2 fully saturated rings. The molecule has 0 bridgehead atoms. The van der Waals surface area contributed by atoms with E-state index in [4.69, 9.17) is 0 Å². The zero-order valence-corrected chi connectivity index (χ0v) is 23.7. The van der Waals surface area contributed by atoms with Gasteiger partial charge in [-0.3, -0.25) is 9.59 Å². The van der Waals surface area contributed by atoms with Gasteiger partial charge in [0.05, 0.1) is 4.91 Å². The van der Waals surface area contributed by atoms with E-state index in [2.05, 4.69) is 58.5 Å². The summed E-state index contributed by atoms with van der Waals surface area (Å²) in [4.78, 5) is 32.7. The number of aryl methyl sites for hydroxylation is 1. The number of thioether (sulfide) groups is 1. The van der Waals surface area contributed by atoms with E-state index in [1.54, 1.807) is 11.8 Å². The zero-order valence-electron chi connectivity index (χ0n) is 22.9. The summed E-state index contributed by atoms with van der Waals surface area (Å²) in [5.41, 5.74) is 6.27. The number of carbonyl (C=O) groups is 2. The van der Waals surface area contributed by atoms with E-state index < -0.39 is 0 Å². The van der Waals surface area contributed by atoms with Crippen molar-refractivity contribution in [3.05, 3.63) is 112 Å². The molecule has 5 nitrogen and oxygen atoms in total. The largest absolute Gasteiger partial charge is 0.361 e. The number of H-pyrrole nitrogens is 1. The molecule has 1 aliphatic carbocycles. The first-order valence-electron chi connectivity index (χ1n) is 14.2. The number of benzene rings is 3. The molecular formula is C34H35N3O2S. The molecule has 2 atom stereocenters. The molecule has 1 saturated carbocycles. The maximum absolute atomic E-state index is 13.7. The SMILES string of the molecule is Cc1cccc(CN2C(=O)/C(=C\c3ccc(C(=O)NCCc4c[nH]c5ccccc45)cc3)SC3CCCCC32)c1. The number of hydrogen-bond acceptors (Lipinski definition) is 3. The number of hydrogen-bond donors (Lipinski definition) is 2. The summed E-state index contributed by atoms with van der Waals surface area (Å²) >= 11 is 1.74. The Labute approximate surface area is 240 Å². The molecule has 40 heavy (non-hydrogen) atoms. The van der Waals surface area contributed by atoms with E-state index >= 15 is 0 Å². The minimum absolute atomic E-state index is 0.0865. The minimum Gasteiger partial charge on any atom is -0.361 e. The number of nitrogens with zero attached hydrogens (tertiary/aromatic N) is 1. The average molecular weight is 550 g/mol. The van der Waals surface area contributed by atoms with Crippen molar-refractivity contribution in [3.8, 4) is 0 Å². The van der Waals surface area contributed by atoms with Crippen molar-refractivity contribution >= 4 is 40.6 Å². The van der Waals surface area contributed by atoms with Crippen LogP contribution in [-0.2, 0) is 17.8 Å². The second-order valence-electron chi connectivity index (χ2n) is 10.9. The molecule has 3 aromatic carbocycles. The van der Waals surface area contributed by atoms with Crippen LogP contribution >= 0.6 is 11.8 Å². The van der Waals surface area contributed by atoms with Crippen molar-refractivity contribution < 1.29 is 9.59 Å². The fourth-order valence-electron chi connectivity index (χ4n) is 6.00. The second-order valence-corrected chi connectivity index (χ2v) is 12.2. The van der Waals surface area contributed by atoms with Crippen LogP contribution in [0.3, 0.4) is 0 Å². The quantitative estimate of drug-likeness (QED) is 0.247. The number of carbonyl (C=O) groups excluding carboxylic acids is 2. The lowest BCUT2D eigenvalue weighted by molar-refractivity contribution is -0.130. The number of fused-ring (bicyclic) bond motifs is 2. The van der Waals surface area contributed by atoms with E-state index in [1.165, 1.54) is 34.9 Å². The molecule has 1 aromatic heterocycles. The van der Waals surface area contributed by atoms with Crippen LogP contribution in [0.5, 0.6) is 0 Å². The molecule has 204 valence electrons. The van der Waals surface area contributed by atoms with Gasteiger partial charge in [-0.15, -0.1) is 11.8 Å². The van der Waals surface area contributed by atoms with Gasteiger partial charge in [-0.2, -0.15) is 0 Å². The van der Waals surface area contributed by atoms with E-state index in [-0.39, 0.29) is 11.8 Å². The number of nitrogens with one attached hydrogen (secondary N) is 2. The van der Waals surface area contributed by atoms with Gasteiger partial charge in [0.15, 0.2) is 0 Å². The molecule has 6 heteroatoms. The van der Waals surface area contributed by atoms with E-state index in [0.717, 1.165) is 35.2 Å². The summed E-state index contributed by atoms with van der Waals surface area (Å²) in [6.07, 6.45) is 9.40. The Morgan fingerprint density at radius 1 is 1.05 bits per heavy atom. The van der Waals surface area contributed by atoms with Gasteiger partial charge in [-0.25, -0.2) is 0 Å². The van der Waals surface area contributed by atoms with Crippen LogP contribution in [0, 0.1) is 6.92 Å². The van der Waals surface area contributed by atoms with Crippen molar-refractivity contribution in [1.29, 1.82) is 0 Å². The fourth-order valence-corrected chi connectivity index (χ4v) is 7.48. The molecule has 1 aliphatic heterocycles. The maximum atomic E-state index is 13.7.